The van der Waals surface area contributed by atoms with Crippen LogP contribution in [-0.2, 0) is 13.8 Å². The Morgan fingerprint density at radius 2 is 2.14 bits per heavy atom. The van der Waals surface area contributed by atoms with Crippen molar-refractivity contribution in [1.29, 1.82) is 0 Å². The van der Waals surface area contributed by atoms with Crippen LogP contribution in [0.2, 0.25) is 0 Å². The summed E-state index contributed by atoms with van der Waals surface area (Å²) in [6, 6.07) is 2.08. The van der Waals surface area contributed by atoms with Crippen LogP contribution in [0, 0.1) is 12.7 Å². The highest BCUT2D eigenvalue weighted by Crippen LogP contribution is 2.24. The molecule has 2 atom stereocenters. The molecule has 0 bridgehead atoms. The second kappa shape index (κ2) is 5.90. The highest BCUT2D eigenvalue weighted by atomic mass is 35.7. The van der Waals surface area contributed by atoms with Gasteiger partial charge in [0.25, 0.3) is 15.0 Å². The normalized spacial score (nSPS) is 22.3. The van der Waals surface area contributed by atoms with Gasteiger partial charge in [0, 0.05) is 22.9 Å². The van der Waals surface area contributed by atoms with Gasteiger partial charge in [0.05, 0.1) is 12.1 Å². The zero-order chi connectivity index (χ0) is 15.8. The number of benzene rings is 1. The van der Waals surface area contributed by atoms with Crippen molar-refractivity contribution in [2.75, 3.05) is 6.61 Å². The Balaban J connectivity index is 2.32. The maximum Gasteiger partial charge on any atom is 0.264 e. The summed E-state index contributed by atoms with van der Waals surface area (Å²) in [6.07, 6.45) is 0.556. The molecule has 1 saturated heterocycles. The predicted molar refractivity (Wildman–Crippen MR) is 75.5 cm³/mol. The van der Waals surface area contributed by atoms with Crippen LogP contribution in [-0.4, -0.2) is 33.1 Å². The van der Waals surface area contributed by atoms with Gasteiger partial charge in [0.1, 0.15) is 10.7 Å². The van der Waals surface area contributed by atoms with Gasteiger partial charge in [-0.25, -0.2) is 12.8 Å². The van der Waals surface area contributed by atoms with Crippen molar-refractivity contribution < 1.29 is 22.3 Å². The zero-order valence-electron chi connectivity index (χ0n) is 11.5. The SMILES string of the molecule is Cc1cc(C(=O)NC2CCOC2C)cc(S(=O)(=O)Cl)c1F. The molecule has 0 aromatic heterocycles. The fourth-order valence-electron chi connectivity index (χ4n) is 2.22. The summed E-state index contributed by atoms with van der Waals surface area (Å²) in [7, 11) is 0.929. The van der Waals surface area contributed by atoms with Crippen LogP contribution in [0.5, 0.6) is 0 Å². The molecule has 1 heterocycles. The Labute approximate surface area is 126 Å². The van der Waals surface area contributed by atoms with E-state index in [9.17, 15) is 17.6 Å². The molecule has 0 radical (unpaired) electrons. The molecule has 116 valence electrons. The molecule has 8 heteroatoms. The number of aryl methyl sites for hydroxylation is 1. The van der Waals surface area contributed by atoms with E-state index in [0.29, 0.717) is 13.0 Å². The lowest BCUT2D eigenvalue weighted by Gasteiger charge is -2.16. The highest BCUT2D eigenvalue weighted by Gasteiger charge is 2.27. The van der Waals surface area contributed by atoms with Crippen molar-refractivity contribution in [3.63, 3.8) is 0 Å². The zero-order valence-corrected chi connectivity index (χ0v) is 13.1. The number of halogens is 2. The maximum atomic E-state index is 13.8. The van der Waals surface area contributed by atoms with Crippen LogP contribution in [0.1, 0.15) is 29.3 Å². The molecule has 2 rings (SSSR count). The first-order valence-electron chi connectivity index (χ1n) is 6.37. The van der Waals surface area contributed by atoms with Crippen molar-refractivity contribution in [2.45, 2.75) is 37.3 Å². The molecule has 1 aromatic carbocycles. The monoisotopic (exact) mass is 335 g/mol. The number of hydrogen-bond donors (Lipinski definition) is 1. The highest BCUT2D eigenvalue weighted by molar-refractivity contribution is 8.13. The first kappa shape index (κ1) is 16.2. The van der Waals surface area contributed by atoms with Crippen molar-refractivity contribution in [3.8, 4) is 0 Å². The van der Waals surface area contributed by atoms with E-state index in [0.717, 1.165) is 6.07 Å². The number of rotatable bonds is 3. The van der Waals surface area contributed by atoms with Gasteiger partial charge in [0.15, 0.2) is 0 Å². The summed E-state index contributed by atoms with van der Waals surface area (Å²) in [6.45, 7) is 3.76. The van der Waals surface area contributed by atoms with Crippen LogP contribution >= 0.6 is 10.7 Å². The number of carbonyl (C=O) groups is 1. The van der Waals surface area contributed by atoms with Crippen molar-refractivity contribution in [2.24, 2.45) is 0 Å². The lowest BCUT2D eigenvalue weighted by Crippen LogP contribution is -2.39. The Kier molecular flexibility index (Phi) is 4.55. The Morgan fingerprint density at radius 1 is 1.48 bits per heavy atom. The van der Waals surface area contributed by atoms with Crippen LogP contribution in [0.3, 0.4) is 0 Å². The van der Waals surface area contributed by atoms with Gasteiger partial charge in [-0.1, -0.05) is 0 Å². The first-order chi connectivity index (χ1) is 9.70. The van der Waals surface area contributed by atoms with Gasteiger partial charge in [-0.2, -0.15) is 0 Å². The molecule has 0 aliphatic carbocycles. The predicted octanol–water partition coefficient (Wildman–Crippen LogP) is 1.97. The number of amides is 1. The summed E-state index contributed by atoms with van der Waals surface area (Å²) in [4.78, 5) is 11.5. The van der Waals surface area contributed by atoms with Crippen molar-refractivity contribution >= 4 is 25.6 Å². The van der Waals surface area contributed by atoms with Gasteiger partial charge >= 0.3 is 0 Å². The average Bonchev–Trinajstić information content (AvgIpc) is 2.76. The Morgan fingerprint density at radius 3 is 2.67 bits per heavy atom. The van der Waals surface area contributed by atoms with Gasteiger partial charge in [-0.05, 0) is 38.0 Å². The molecular formula is C13H15ClFNO4S. The number of ether oxygens (including phenoxy) is 1. The minimum Gasteiger partial charge on any atom is -0.376 e. The van der Waals surface area contributed by atoms with Crippen molar-refractivity contribution in [1.82, 2.24) is 5.32 Å². The van der Waals surface area contributed by atoms with Crippen LogP contribution in [0.4, 0.5) is 4.39 Å². The quantitative estimate of drug-likeness (QED) is 0.857. The summed E-state index contributed by atoms with van der Waals surface area (Å²) >= 11 is 0. The average molecular weight is 336 g/mol. The summed E-state index contributed by atoms with van der Waals surface area (Å²) in [5.41, 5.74) is 0.0878. The molecule has 5 nitrogen and oxygen atoms in total. The molecule has 1 N–H and O–H groups in total. The van der Waals surface area contributed by atoms with Gasteiger partial charge in [-0.3, -0.25) is 4.79 Å². The van der Waals surface area contributed by atoms with E-state index in [2.05, 4.69) is 5.32 Å². The van der Waals surface area contributed by atoms with E-state index in [1.807, 2.05) is 6.92 Å². The van der Waals surface area contributed by atoms with Crippen molar-refractivity contribution in [3.05, 3.63) is 29.1 Å². The van der Waals surface area contributed by atoms with E-state index in [1.165, 1.54) is 13.0 Å². The topological polar surface area (TPSA) is 72.5 Å². The Hall–Kier alpha value is -1.18. The minimum absolute atomic E-state index is 0.0394. The third-order valence-corrected chi connectivity index (χ3v) is 4.76. The molecule has 0 saturated carbocycles. The molecule has 2 unspecified atom stereocenters. The second-order valence-electron chi connectivity index (χ2n) is 4.99. The van der Waals surface area contributed by atoms with E-state index < -0.39 is 25.7 Å². The molecular weight excluding hydrogens is 321 g/mol. The van der Waals surface area contributed by atoms with Gasteiger partial charge < -0.3 is 10.1 Å². The molecule has 1 aromatic rings. The molecule has 1 amide bonds. The fraction of sp³-hybridized carbons (Fsp3) is 0.462. The first-order valence-corrected chi connectivity index (χ1v) is 8.68. The molecule has 0 spiro atoms. The Bertz CT molecular complexity index is 677. The van der Waals surface area contributed by atoms with Crippen LogP contribution < -0.4 is 5.32 Å². The summed E-state index contributed by atoms with van der Waals surface area (Å²) < 4.78 is 41.8. The lowest BCUT2D eigenvalue weighted by molar-refractivity contribution is 0.0866. The number of hydrogen-bond acceptors (Lipinski definition) is 4. The third kappa shape index (κ3) is 3.53. The standard InChI is InChI=1S/C13H15ClFNO4S/c1-7-5-9(6-11(12(7)15)21(14,18)19)13(17)16-10-3-4-20-8(10)2/h5-6,8,10H,3-4H2,1-2H3,(H,16,17). The summed E-state index contributed by atoms with van der Waals surface area (Å²) in [5.74, 6) is -1.43. The van der Waals surface area contributed by atoms with Crippen LogP contribution in [0.15, 0.2) is 17.0 Å². The van der Waals surface area contributed by atoms with E-state index in [-0.39, 0.29) is 23.3 Å². The molecule has 21 heavy (non-hydrogen) atoms. The minimum atomic E-state index is -4.26. The number of carbonyl (C=O) groups excluding carboxylic acids is 1. The molecule has 1 fully saturated rings. The molecule has 1 aliphatic rings. The molecule has 1 aliphatic heterocycles. The smallest absolute Gasteiger partial charge is 0.264 e. The van der Waals surface area contributed by atoms with E-state index in [1.54, 1.807) is 0 Å². The van der Waals surface area contributed by atoms with Gasteiger partial charge in [-0.15, -0.1) is 0 Å². The van der Waals surface area contributed by atoms with E-state index in [4.69, 9.17) is 15.4 Å². The van der Waals surface area contributed by atoms with E-state index >= 15 is 0 Å². The summed E-state index contributed by atoms with van der Waals surface area (Å²) in [5, 5.41) is 2.75. The third-order valence-electron chi connectivity index (χ3n) is 3.44. The lowest BCUT2D eigenvalue weighted by atomic mass is 10.1. The van der Waals surface area contributed by atoms with Crippen LogP contribution in [0.25, 0.3) is 0 Å². The second-order valence-corrected chi connectivity index (χ2v) is 7.52. The fourth-order valence-corrected chi connectivity index (χ4v) is 3.20. The number of nitrogens with one attached hydrogen (secondary N) is 1. The van der Waals surface area contributed by atoms with Gasteiger partial charge in [0.2, 0.25) is 0 Å². The maximum absolute atomic E-state index is 13.8. The largest absolute Gasteiger partial charge is 0.376 e.